The molecule has 6 heteroatoms. The molecule has 24 heavy (non-hydrogen) atoms. The lowest BCUT2D eigenvalue weighted by Gasteiger charge is -2.19. The number of carbonyl (C=O) groups is 1. The van der Waals surface area contributed by atoms with Gasteiger partial charge in [-0.05, 0) is 49.2 Å². The van der Waals surface area contributed by atoms with Crippen molar-refractivity contribution in [3.8, 4) is 5.75 Å². The predicted octanol–water partition coefficient (Wildman–Crippen LogP) is 3.25. The van der Waals surface area contributed by atoms with Gasteiger partial charge in [-0.1, -0.05) is 12.8 Å². The van der Waals surface area contributed by atoms with Crippen molar-refractivity contribution in [3.63, 3.8) is 0 Å². The number of methoxy groups -OCH3 is 1. The van der Waals surface area contributed by atoms with E-state index in [1.54, 1.807) is 19.2 Å². The van der Waals surface area contributed by atoms with Gasteiger partial charge in [-0.15, -0.1) is 10.2 Å². The molecule has 1 N–H and O–H groups in total. The number of nitrogens with zero attached hydrogens (tertiary/aromatic N) is 3. The highest BCUT2D eigenvalue weighted by molar-refractivity contribution is 5.92. The maximum absolute atomic E-state index is 12.5. The molecule has 1 aliphatic rings. The molecule has 1 saturated heterocycles. The average Bonchev–Trinajstić information content (AvgIpc) is 2.92. The van der Waals surface area contributed by atoms with Gasteiger partial charge < -0.3 is 15.0 Å². The van der Waals surface area contributed by atoms with Crippen LogP contribution in [0.4, 0.5) is 11.5 Å². The zero-order chi connectivity index (χ0) is 16.8. The van der Waals surface area contributed by atoms with Crippen LogP contribution in [0.2, 0.25) is 0 Å². The van der Waals surface area contributed by atoms with Crippen LogP contribution >= 0.6 is 0 Å². The number of ether oxygens (including phenoxy) is 1. The summed E-state index contributed by atoms with van der Waals surface area (Å²) in [7, 11) is 1.63. The highest BCUT2D eigenvalue weighted by Gasteiger charge is 2.18. The lowest BCUT2D eigenvalue weighted by Crippen LogP contribution is -2.32. The van der Waals surface area contributed by atoms with Gasteiger partial charge in [0.15, 0.2) is 11.5 Å². The first kappa shape index (κ1) is 16.2. The molecule has 2 aromatic rings. The predicted molar refractivity (Wildman–Crippen MR) is 92.7 cm³/mol. The van der Waals surface area contributed by atoms with Crippen molar-refractivity contribution in [2.24, 2.45) is 0 Å². The normalized spacial score (nSPS) is 14.8. The van der Waals surface area contributed by atoms with Gasteiger partial charge in [-0.25, -0.2) is 0 Å². The van der Waals surface area contributed by atoms with Crippen LogP contribution in [0, 0.1) is 0 Å². The van der Waals surface area contributed by atoms with Crippen molar-refractivity contribution >= 4 is 17.4 Å². The van der Waals surface area contributed by atoms with Crippen molar-refractivity contribution in [2.75, 3.05) is 25.5 Å². The van der Waals surface area contributed by atoms with Crippen LogP contribution in [0.3, 0.4) is 0 Å². The van der Waals surface area contributed by atoms with E-state index < -0.39 is 0 Å². The molecule has 0 radical (unpaired) electrons. The third-order valence-corrected chi connectivity index (χ3v) is 4.14. The Morgan fingerprint density at radius 2 is 1.71 bits per heavy atom. The molecule has 1 fully saturated rings. The van der Waals surface area contributed by atoms with E-state index in [4.69, 9.17) is 4.74 Å². The van der Waals surface area contributed by atoms with E-state index in [2.05, 4.69) is 15.5 Å². The molecule has 2 heterocycles. The molecule has 0 spiro atoms. The molecule has 1 amide bonds. The second-order valence-electron chi connectivity index (χ2n) is 5.86. The summed E-state index contributed by atoms with van der Waals surface area (Å²) in [5.41, 5.74) is 1.29. The SMILES string of the molecule is COc1ccc(Nc2ccc(C(=O)N3CCCCCC3)nn2)cc1. The third-order valence-electron chi connectivity index (χ3n) is 4.14. The number of rotatable bonds is 4. The molecule has 3 rings (SSSR count). The third kappa shape index (κ3) is 4.01. The van der Waals surface area contributed by atoms with Crippen molar-refractivity contribution in [1.82, 2.24) is 15.1 Å². The van der Waals surface area contributed by atoms with Crippen LogP contribution in [0.5, 0.6) is 5.75 Å². The topological polar surface area (TPSA) is 67.3 Å². The molecule has 6 nitrogen and oxygen atoms in total. The Labute approximate surface area is 141 Å². The Balaban J connectivity index is 1.64. The molecular weight excluding hydrogens is 304 g/mol. The Morgan fingerprint density at radius 3 is 2.29 bits per heavy atom. The number of aromatic nitrogens is 2. The Morgan fingerprint density at radius 1 is 1.00 bits per heavy atom. The summed E-state index contributed by atoms with van der Waals surface area (Å²) in [4.78, 5) is 14.4. The molecule has 1 aliphatic heterocycles. The molecule has 126 valence electrons. The molecule has 0 atom stereocenters. The fourth-order valence-corrected chi connectivity index (χ4v) is 2.77. The number of carbonyl (C=O) groups excluding carboxylic acids is 1. The Hall–Kier alpha value is -2.63. The largest absolute Gasteiger partial charge is 0.497 e. The number of hydrogen-bond acceptors (Lipinski definition) is 5. The lowest BCUT2D eigenvalue weighted by molar-refractivity contribution is 0.0754. The van der Waals surface area contributed by atoms with Gasteiger partial charge in [0, 0.05) is 18.8 Å². The molecular formula is C18H22N4O2. The highest BCUT2D eigenvalue weighted by Crippen LogP contribution is 2.19. The standard InChI is InChI=1S/C18H22N4O2/c1-24-15-8-6-14(7-9-15)19-17-11-10-16(20-21-17)18(23)22-12-4-2-3-5-13-22/h6-11H,2-5,12-13H2,1H3,(H,19,21). The monoisotopic (exact) mass is 326 g/mol. The minimum absolute atomic E-state index is 0.0274. The van der Waals surface area contributed by atoms with E-state index in [-0.39, 0.29) is 5.91 Å². The number of benzene rings is 1. The zero-order valence-corrected chi connectivity index (χ0v) is 13.9. The summed E-state index contributed by atoms with van der Waals surface area (Å²) in [6.07, 6.45) is 4.52. The van der Waals surface area contributed by atoms with Gasteiger partial charge in [0.05, 0.1) is 7.11 Å². The second kappa shape index (κ2) is 7.77. The first-order valence-electron chi connectivity index (χ1n) is 8.30. The van der Waals surface area contributed by atoms with Crippen molar-refractivity contribution < 1.29 is 9.53 Å². The minimum Gasteiger partial charge on any atom is -0.497 e. The number of likely N-dealkylation sites (tertiary alicyclic amines) is 1. The van der Waals surface area contributed by atoms with E-state index in [1.807, 2.05) is 29.2 Å². The average molecular weight is 326 g/mol. The summed E-state index contributed by atoms with van der Waals surface area (Å²) in [6.45, 7) is 1.62. The number of anilines is 2. The smallest absolute Gasteiger partial charge is 0.274 e. The fraction of sp³-hybridized carbons (Fsp3) is 0.389. The summed E-state index contributed by atoms with van der Waals surface area (Å²) in [5.74, 6) is 1.37. The molecule has 0 unspecified atom stereocenters. The zero-order valence-electron chi connectivity index (χ0n) is 13.9. The van der Waals surface area contributed by atoms with Gasteiger partial charge in [0.25, 0.3) is 5.91 Å². The van der Waals surface area contributed by atoms with E-state index in [0.29, 0.717) is 11.5 Å². The Bertz CT molecular complexity index is 662. The Kier molecular flexibility index (Phi) is 5.25. The quantitative estimate of drug-likeness (QED) is 0.934. The van der Waals surface area contributed by atoms with Crippen LogP contribution in [-0.4, -0.2) is 41.2 Å². The number of nitrogens with one attached hydrogen (secondary N) is 1. The van der Waals surface area contributed by atoms with Gasteiger partial charge in [0.2, 0.25) is 0 Å². The van der Waals surface area contributed by atoms with Gasteiger partial charge in [-0.2, -0.15) is 0 Å². The molecule has 0 saturated carbocycles. The summed E-state index contributed by atoms with van der Waals surface area (Å²) < 4.78 is 5.13. The van der Waals surface area contributed by atoms with E-state index in [0.717, 1.165) is 37.4 Å². The van der Waals surface area contributed by atoms with Crippen LogP contribution in [0.15, 0.2) is 36.4 Å². The number of amides is 1. The fourth-order valence-electron chi connectivity index (χ4n) is 2.77. The van der Waals surface area contributed by atoms with Gasteiger partial charge >= 0.3 is 0 Å². The maximum atomic E-state index is 12.5. The highest BCUT2D eigenvalue weighted by atomic mass is 16.5. The van der Waals surface area contributed by atoms with Gasteiger partial charge in [0.1, 0.15) is 5.75 Å². The maximum Gasteiger partial charge on any atom is 0.274 e. The van der Waals surface area contributed by atoms with E-state index >= 15 is 0 Å². The van der Waals surface area contributed by atoms with E-state index in [1.165, 1.54) is 12.8 Å². The van der Waals surface area contributed by atoms with Crippen LogP contribution in [0.1, 0.15) is 36.2 Å². The summed E-state index contributed by atoms with van der Waals surface area (Å²) in [5, 5.41) is 11.4. The van der Waals surface area contributed by atoms with Crippen LogP contribution in [0.25, 0.3) is 0 Å². The second-order valence-corrected chi connectivity index (χ2v) is 5.86. The minimum atomic E-state index is -0.0274. The van der Waals surface area contributed by atoms with Crippen LogP contribution in [-0.2, 0) is 0 Å². The molecule has 0 aliphatic carbocycles. The lowest BCUT2D eigenvalue weighted by atomic mass is 10.2. The number of hydrogen-bond donors (Lipinski definition) is 1. The summed E-state index contributed by atoms with van der Waals surface area (Å²) in [6, 6.07) is 11.0. The molecule has 0 bridgehead atoms. The van der Waals surface area contributed by atoms with Gasteiger partial charge in [-0.3, -0.25) is 4.79 Å². The van der Waals surface area contributed by atoms with Crippen molar-refractivity contribution in [2.45, 2.75) is 25.7 Å². The van der Waals surface area contributed by atoms with Crippen molar-refractivity contribution in [1.29, 1.82) is 0 Å². The molecule has 1 aromatic carbocycles. The van der Waals surface area contributed by atoms with Crippen LogP contribution < -0.4 is 10.1 Å². The molecule has 1 aromatic heterocycles. The summed E-state index contributed by atoms with van der Waals surface area (Å²) >= 11 is 0. The van der Waals surface area contributed by atoms with E-state index in [9.17, 15) is 4.79 Å². The first-order chi connectivity index (χ1) is 11.8. The van der Waals surface area contributed by atoms with Crippen molar-refractivity contribution in [3.05, 3.63) is 42.1 Å². The first-order valence-corrected chi connectivity index (χ1v) is 8.30.